The second-order valence-corrected chi connectivity index (χ2v) is 8.09. The first kappa shape index (κ1) is 19.4. The Morgan fingerprint density at radius 1 is 1.11 bits per heavy atom. The van der Waals surface area contributed by atoms with E-state index < -0.39 is 11.7 Å². The van der Waals surface area contributed by atoms with Gasteiger partial charge in [0.2, 0.25) is 0 Å². The molecule has 0 radical (unpaired) electrons. The number of nitrogens with one attached hydrogen (secondary N) is 1. The van der Waals surface area contributed by atoms with Crippen molar-refractivity contribution in [2.24, 2.45) is 0 Å². The molecule has 5 heteroatoms. The van der Waals surface area contributed by atoms with Crippen LogP contribution in [-0.2, 0) is 11.3 Å². The summed E-state index contributed by atoms with van der Waals surface area (Å²) < 4.78 is 18.8. The summed E-state index contributed by atoms with van der Waals surface area (Å²) in [4.78, 5) is 14.6. The molecule has 0 unspecified atom stereocenters. The van der Waals surface area contributed by atoms with E-state index in [0.29, 0.717) is 0 Å². The Bertz CT molecular complexity index is 756. The largest absolute Gasteiger partial charge is 0.444 e. The molecule has 0 saturated carbocycles. The van der Waals surface area contributed by atoms with Gasteiger partial charge in [0.05, 0.1) is 6.04 Å². The predicted octanol–water partition coefficient (Wildman–Crippen LogP) is 4.32. The highest BCUT2D eigenvalue weighted by Crippen LogP contribution is 2.29. The Kier molecular flexibility index (Phi) is 5.80. The molecule has 0 aromatic heterocycles. The molecule has 2 aromatic rings. The second-order valence-electron chi connectivity index (χ2n) is 8.09. The molecule has 3 rings (SSSR count). The van der Waals surface area contributed by atoms with Crippen molar-refractivity contribution in [3.63, 3.8) is 0 Å². The van der Waals surface area contributed by atoms with E-state index in [0.717, 1.165) is 25.2 Å². The number of ether oxygens (including phenoxy) is 1. The molecule has 1 N–H and O–H groups in total. The van der Waals surface area contributed by atoms with E-state index in [9.17, 15) is 9.18 Å². The van der Waals surface area contributed by atoms with Gasteiger partial charge in [0, 0.05) is 25.6 Å². The third-order valence-corrected chi connectivity index (χ3v) is 4.64. The Morgan fingerprint density at radius 2 is 1.78 bits per heavy atom. The Balaban J connectivity index is 1.74. The first-order valence-corrected chi connectivity index (χ1v) is 9.31. The summed E-state index contributed by atoms with van der Waals surface area (Å²) in [5.74, 6) is -0.170. The van der Waals surface area contributed by atoms with Crippen LogP contribution < -0.4 is 5.32 Å². The molecule has 2 atom stereocenters. The van der Waals surface area contributed by atoms with E-state index in [1.807, 2.05) is 39.0 Å². The van der Waals surface area contributed by atoms with E-state index in [4.69, 9.17) is 4.74 Å². The zero-order valence-electron chi connectivity index (χ0n) is 16.1. The highest BCUT2D eigenvalue weighted by molar-refractivity contribution is 5.68. The maximum Gasteiger partial charge on any atom is 0.407 e. The maximum atomic E-state index is 13.3. The minimum absolute atomic E-state index is 0.0850. The van der Waals surface area contributed by atoms with E-state index in [-0.39, 0.29) is 17.8 Å². The van der Waals surface area contributed by atoms with Crippen LogP contribution in [0.15, 0.2) is 54.6 Å². The van der Waals surface area contributed by atoms with E-state index >= 15 is 0 Å². The minimum Gasteiger partial charge on any atom is -0.444 e. The third kappa shape index (κ3) is 5.54. The fraction of sp³-hybridized carbons (Fsp3) is 0.409. The molecule has 0 spiro atoms. The number of benzene rings is 2. The van der Waals surface area contributed by atoms with Crippen LogP contribution in [0, 0.1) is 5.82 Å². The average Bonchev–Trinajstić information content (AvgIpc) is 2.97. The number of carbonyl (C=O) groups is 1. The van der Waals surface area contributed by atoms with Gasteiger partial charge in [0.1, 0.15) is 11.4 Å². The van der Waals surface area contributed by atoms with Gasteiger partial charge in [-0.15, -0.1) is 0 Å². The number of amides is 1. The molecule has 144 valence electrons. The summed E-state index contributed by atoms with van der Waals surface area (Å²) in [5, 5.41) is 3.02. The smallest absolute Gasteiger partial charge is 0.407 e. The minimum atomic E-state index is -0.544. The normalized spacial score (nSPS) is 20.4. The van der Waals surface area contributed by atoms with Gasteiger partial charge in [0.15, 0.2) is 0 Å². The van der Waals surface area contributed by atoms with Gasteiger partial charge in [-0.3, -0.25) is 4.90 Å². The van der Waals surface area contributed by atoms with Crippen molar-refractivity contribution < 1.29 is 13.9 Å². The standard InChI is InChI=1S/C22H27FN2O2/c1-22(2,3)27-21(26)24-20-15-25(13-16-7-5-4-6-8-16)14-19(20)17-9-11-18(23)12-10-17/h4-12,19-20H,13-15H2,1-3H3,(H,24,26)/t19-,20+/m1/s1. The summed E-state index contributed by atoms with van der Waals surface area (Å²) >= 11 is 0. The number of nitrogens with zero attached hydrogens (tertiary/aromatic N) is 1. The lowest BCUT2D eigenvalue weighted by Gasteiger charge is -2.24. The van der Waals surface area contributed by atoms with Gasteiger partial charge < -0.3 is 10.1 Å². The highest BCUT2D eigenvalue weighted by atomic mass is 19.1. The third-order valence-electron chi connectivity index (χ3n) is 4.64. The van der Waals surface area contributed by atoms with Gasteiger partial charge in [-0.25, -0.2) is 9.18 Å². The van der Waals surface area contributed by atoms with Crippen LogP contribution in [-0.4, -0.2) is 35.7 Å². The molecule has 1 aliphatic heterocycles. The monoisotopic (exact) mass is 370 g/mol. The van der Waals surface area contributed by atoms with Crippen molar-refractivity contribution in [1.29, 1.82) is 0 Å². The number of alkyl carbamates (subject to hydrolysis) is 1. The van der Waals surface area contributed by atoms with Gasteiger partial charge in [-0.1, -0.05) is 42.5 Å². The molecule has 1 heterocycles. The van der Waals surface area contributed by atoms with Crippen molar-refractivity contribution in [1.82, 2.24) is 10.2 Å². The summed E-state index contributed by atoms with van der Waals surface area (Å²) in [6.07, 6.45) is -0.416. The number of hydrogen-bond donors (Lipinski definition) is 1. The molecule has 1 amide bonds. The van der Waals surface area contributed by atoms with Gasteiger partial charge >= 0.3 is 6.09 Å². The molecule has 4 nitrogen and oxygen atoms in total. The van der Waals surface area contributed by atoms with Crippen LogP contribution in [0.4, 0.5) is 9.18 Å². The fourth-order valence-electron chi connectivity index (χ4n) is 3.51. The number of likely N-dealkylation sites (tertiary alicyclic amines) is 1. The van der Waals surface area contributed by atoms with Crippen LogP contribution in [0.3, 0.4) is 0 Å². The molecular formula is C22H27FN2O2. The quantitative estimate of drug-likeness (QED) is 0.872. The van der Waals surface area contributed by atoms with Gasteiger partial charge in [-0.05, 0) is 44.0 Å². The predicted molar refractivity (Wildman–Crippen MR) is 104 cm³/mol. The summed E-state index contributed by atoms with van der Waals surface area (Å²) in [5.41, 5.74) is 1.71. The first-order valence-electron chi connectivity index (χ1n) is 9.31. The van der Waals surface area contributed by atoms with Gasteiger partial charge in [-0.2, -0.15) is 0 Å². The molecule has 1 saturated heterocycles. The topological polar surface area (TPSA) is 41.6 Å². The average molecular weight is 370 g/mol. The van der Waals surface area contributed by atoms with Crippen LogP contribution in [0.25, 0.3) is 0 Å². The lowest BCUT2D eigenvalue weighted by atomic mass is 9.94. The van der Waals surface area contributed by atoms with E-state index in [1.54, 1.807) is 12.1 Å². The van der Waals surface area contributed by atoms with E-state index in [1.165, 1.54) is 17.7 Å². The number of rotatable bonds is 4. The zero-order valence-corrected chi connectivity index (χ0v) is 16.1. The zero-order chi connectivity index (χ0) is 19.4. The molecule has 1 aliphatic rings. The van der Waals surface area contributed by atoms with Crippen LogP contribution in [0.1, 0.15) is 37.8 Å². The Hall–Kier alpha value is -2.40. The number of carbonyl (C=O) groups excluding carboxylic acids is 1. The second kappa shape index (κ2) is 8.09. The fourth-order valence-corrected chi connectivity index (χ4v) is 3.51. The lowest BCUT2D eigenvalue weighted by Crippen LogP contribution is -2.42. The van der Waals surface area contributed by atoms with E-state index in [2.05, 4.69) is 22.3 Å². The van der Waals surface area contributed by atoms with Crippen molar-refractivity contribution in [2.45, 2.75) is 44.9 Å². The molecule has 0 aliphatic carbocycles. The number of hydrogen-bond acceptors (Lipinski definition) is 3. The SMILES string of the molecule is CC(C)(C)OC(=O)N[C@H]1CN(Cc2ccccc2)C[C@@H]1c1ccc(F)cc1. The van der Waals surface area contributed by atoms with Gasteiger partial charge in [0.25, 0.3) is 0 Å². The van der Waals surface area contributed by atoms with Crippen LogP contribution in [0.2, 0.25) is 0 Å². The van der Waals surface area contributed by atoms with Crippen LogP contribution >= 0.6 is 0 Å². The molecule has 0 bridgehead atoms. The van der Waals surface area contributed by atoms with Crippen molar-refractivity contribution in [3.8, 4) is 0 Å². The maximum absolute atomic E-state index is 13.3. The number of halogens is 1. The molecular weight excluding hydrogens is 343 g/mol. The highest BCUT2D eigenvalue weighted by Gasteiger charge is 2.35. The summed E-state index contributed by atoms with van der Waals surface area (Å²) in [6.45, 7) is 7.86. The molecule has 27 heavy (non-hydrogen) atoms. The van der Waals surface area contributed by atoms with Crippen molar-refractivity contribution >= 4 is 6.09 Å². The lowest BCUT2D eigenvalue weighted by molar-refractivity contribution is 0.0502. The molecule has 1 fully saturated rings. The molecule has 2 aromatic carbocycles. The Labute approximate surface area is 160 Å². The van der Waals surface area contributed by atoms with Crippen LogP contribution in [0.5, 0.6) is 0 Å². The van der Waals surface area contributed by atoms with Crippen molar-refractivity contribution in [3.05, 3.63) is 71.5 Å². The Morgan fingerprint density at radius 3 is 2.41 bits per heavy atom. The van der Waals surface area contributed by atoms with Crippen molar-refractivity contribution in [2.75, 3.05) is 13.1 Å². The summed E-state index contributed by atoms with van der Waals surface area (Å²) in [6, 6.07) is 16.7. The summed E-state index contributed by atoms with van der Waals surface area (Å²) in [7, 11) is 0. The first-order chi connectivity index (χ1) is 12.8.